The molecule has 0 aliphatic carbocycles. The number of ketones is 1. The molecule has 2 aromatic carbocycles. The van der Waals surface area contributed by atoms with Crippen molar-refractivity contribution in [2.45, 2.75) is 13.8 Å². The van der Waals surface area contributed by atoms with E-state index in [1.807, 2.05) is 6.92 Å². The van der Waals surface area contributed by atoms with Crippen LogP contribution in [0.15, 0.2) is 42.5 Å². The predicted molar refractivity (Wildman–Crippen MR) is 80.4 cm³/mol. The number of anilines is 1. The number of nitrogens with one attached hydrogen (secondary N) is 1. The minimum absolute atomic E-state index is 0.0839. The van der Waals surface area contributed by atoms with Crippen LogP contribution in [0.3, 0.4) is 0 Å². The van der Waals surface area contributed by atoms with E-state index in [-0.39, 0.29) is 11.7 Å². The van der Waals surface area contributed by atoms with Crippen molar-refractivity contribution in [2.75, 3.05) is 5.32 Å². The van der Waals surface area contributed by atoms with E-state index in [0.29, 0.717) is 21.8 Å². The van der Waals surface area contributed by atoms with Gasteiger partial charge in [0, 0.05) is 28.8 Å². The molecule has 1 amide bonds. The first kappa shape index (κ1) is 14.3. The predicted octanol–water partition coefficient (Wildman–Crippen LogP) is 3.84. The smallest absolute Gasteiger partial charge is 0.221 e. The van der Waals surface area contributed by atoms with E-state index < -0.39 is 0 Å². The average Bonchev–Trinajstić information content (AvgIpc) is 2.41. The summed E-state index contributed by atoms with van der Waals surface area (Å²) >= 11 is 6.03. The van der Waals surface area contributed by atoms with Crippen molar-refractivity contribution in [1.29, 1.82) is 0 Å². The summed E-state index contributed by atoms with van der Waals surface area (Å²) in [6.07, 6.45) is 0. The Bertz CT molecular complexity index is 663. The molecule has 0 radical (unpaired) electrons. The standard InChI is InChI=1S/C16H14ClNO2/c1-10-14(4-3-5-15(10)17)16(20)12-6-8-13(9-7-12)18-11(2)19/h3-9H,1-2H3,(H,18,19). The van der Waals surface area contributed by atoms with Gasteiger partial charge in [0.1, 0.15) is 0 Å². The van der Waals surface area contributed by atoms with Gasteiger partial charge < -0.3 is 5.32 Å². The Morgan fingerprint density at radius 2 is 1.70 bits per heavy atom. The summed E-state index contributed by atoms with van der Waals surface area (Å²) in [6, 6.07) is 12.1. The van der Waals surface area contributed by atoms with Crippen molar-refractivity contribution in [2.24, 2.45) is 0 Å². The van der Waals surface area contributed by atoms with Crippen LogP contribution in [0.2, 0.25) is 5.02 Å². The van der Waals surface area contributed by atoms with Crippen LogP contribution < -0.4 is 5.32 Å². The van der Waals surface area contributed by atoms with E-state index in [1.165, 1.54) is 6.92 Å². The third-order valence-corrected chi connectivity index (χ3v) is 3.39. The number of rotatable bonds is 3. The summed E-state index contributed by atoms with van der Waals surface area (Å²) in [5.74, 6) is -0.228. The SMILES string of the molecule is CC(=O)Nc1ccc(C(=O)c2cccc(Cl)c2C)cc1. The molecular weight excluding hydrogens is 274 g/mol. The molecule has 0 aromatic heterocycles. The Kier molecular flexibility index (Phi) is 4.20. The average molecular weight is 288 g/mol. The molecule has 4 heteroatoms. The number of hydrogen-bond acceptors (Lipinski definition) is 2. The quantitative estimate of drug-likeness (QED) is 0.872. The Morgan fingerprint density at radius 3 is 2.30 bits per heavy atom. The van der Waals surface area contributed by atoms with Gasteiger partial charge in [-0.15, -0.1) is 0 Å². The Labute approximate surface area is 122 Å². The largest absolute Gasteiger partial charge is 0.326 e. The molecule has 1 N–H and O–H groups in total. The maximum absolute atomic E-state index is 12.4. The lowest BCUT2D eigenvalue weighted by Gasteiger charge is -2.07. The van der Waals surface area contributed by atoms with E-state index in [1.54, 1.807) is 42.5 Å². The minimum atomic E-state index is -0.144. The van der Waals surface area contributed by atoms with Crippen LogP contribution in [0.25, 0.3) is 0 Å². The van der Waals surface area contributed by atoms with Gasteiger partial charge in [0.25, 0.3) is 0 Å². The van der Waals surface area contributed by atoms with E-state index in [0.717, 1.165) is 5.56 Å². The number of carbonyl (C=O) groups is 2. The molecular formula is C16H14ClNO2. The zero-order chi connectivity index (χ0) is 14.7. The van der Waals surface area contributed by atoms with Gasteiger partial charge in [-0.3, -0.25) is 9.59 Å². The highest BCUT2D eigenvalue weighted by molar-refractivity contribution is 6.32. The van der Waals surface area contributed by atoms with Gasteiger partial charge >= 0.3 is 0 Å². The lowest BCUT2D eigenvalue weighted by atomic mass is 9.99. The van der Waals surface area contributed by atoms with Crippen molar-refractivity contribution in [1.82, 2.24) is 0 Å². The second-order valence-corrected chi connectivity index (χ2v) is 4.91. The van der Waals surface area contributed by atoms with Crippen LogP contribution in [0.5, 0.6) is 0 Å². The summed E-state index contributed by atoms with van der Waals surface area (Å²) in [7, 11) is 0. The molecule has 0 saturated carbocycles. The molecule has 0 saturated heterocycles. The lowest BCUT2D eigenvalue weighted by molar-refractivity contribution is -0.114. The molecule has 0 bridgehead atoms. The summed E-state index contributed by atoms with van der Waals surface area (Å²) in [5.41, 5.74) is 2.58. The van der Waals surface area contributed by atoms with E-state index in [2.05, 4.69) is 5.32 Å². The molecule has 0 aliphatic heterocycles. The van der Waals surface area contributed by atoms with Crippen LogP contribution >= 0.6 is 11.6 Å². The highest BCUT2D eigenvalue weighted by atomic mass is 35.5. The fraction of sp³-hybridized carbons (Fsp3) is 0.125. The van der Waals surface area contributed by atoms with Crippen LogP contribution in [-0.4, -0.2) is 11.7 Å². The first-order valence-corrected chi connectivity index (χ1v) is 6.54. The molecule has 102 valence electrons. The van der Waals surface area contributed by atoms with Gasteiger partial charge in [0.2, 0.25) is 5.91 Å². The molecule has 3 nitrogen and oxygen atoms in total. The number of amides is 1. The molecule has 0 aliphatic rings. The number of benzene rings is 2. The Hall–Kier alpha value is -2.13. The van der Waals surface area contributed by atoms with Crippen molar-refractivity contribution in [3.63, 3.8) is 0 Å². The number of halogens is 1. The minimum Gasteiger partial charge on any atom is -0.326 e. The number of carbonyl (C=O) groups excluding carboxylic acids is 2. The van der Waals surface area contributed by atoms with Crippen molar-refractivity contribution >= 4 is 29.0 Å². The van der Waals surface area contributed by atoms with Crippen molar-refractivity contribution in [3.8, 4) is 0 Å². The van der Waals surface area contributed by atoms with E-state index >= 15 is 0 Å². The van der Waals surface area contributed by atoms with Gasteiger partial charge in [0.15, 0.2) is 5.78 Å². The van der Waals surface area contributed by atoms with Gasteiger partial charge in [-0.25, -0.2) is 0 Å². The van der Waals surface area contributed by atoms with Gasteiger partial charge in [-0.05, 0) is 42.8 Å². The third kappa shape index (κ3) is 3.06. The Morgan fingerprint density at radius 1 is 1.05 bits per heavy atom. The van der Waals surface area contributed by atoms with Crippen LogP contribution in [-0.2, 0) is 4.79 Å². The topological polar surface area (TPSA) is 46.2 Å². The van der Waals surface area contributed by atoms with E-state index in [9.17, 15) is 9.59 Å². The highest BCUT2D eigenvalue weighted by Crippen LogP contribution is 2.22. The zero-order valence-corrected chi connectivity index (χ0v) is 12.0. The lowest BCUT2D eigenvalue weighted by Crippen LogP contribution is -2.07. The van der Waals surface area contributed by atoms with Crippen LogP contribution in [0.1, 0.15) is 28.4 Å². The molecule has 20 heavy (non-hydrogen) atoms. The second-order valence-electron chi connectivity index (χ2n) is 4.50. The molecule has 0 heterocycles. The normalized spacial score (nSPS) is 10.2. The maximum Gasteiger partial charge on any atom is 0.221 e. The zero-order valence-electron chi connectivity index (χ0n) is 11.2. The maximum atomic E-state index is 12.4. The molecule has 0 spiro atoms. The fourth-order valence-electron chi connectivity index (χ4n) is 1.92. The monoisotopic (exact) mass is 287 g/mol. The first-order chi connectivity index (χ1) is 9.49. The van der Waals surface area contributed by atoms with Crippen LogP contribution in [0, 0.1) is 6.92 Å². The third-order valence-electron chi connectivity index (χ3n) is 2.98. The molecule has 2 rings (SSSR count). The summed E-state index contributed by atoms with van der Waals surface area (Å²) < 4.78 is 0. The molecule has 0 unspecified atom stereocenters. The summed E-state index contributed by atoms with van der Waals surface area (Å²) in [6.45, 7) is 3.26. The molecule has 0 atom stereocenters. The van der Waals surface area contributed by atoms with E-state index in [4.69, 9.17) is 11.6 Å². The van der Waals surface area contributed by atoms with Gasteiger partial charge in [0.05, 0.1) is 0 Å². The molecule has 0 fully saturated rings. The number of hydrogen-bond donors (Lipinski definition) is 1. The van der Waals surface area contributed by atoms with Crippen molar-refractivity contribution < 1.29 is 9.59 Å². The van der Waals surface area contributed by atoms with Crippen LogP contribution in [0.4, 0.5) is 5.69 Å². The molecule has 2 aromatic rings. The highest BCUT2D eigenvalue weighted by Gasteiger charge is 2.13. The summed E-state index contributed by atoms with van der Waals surface area (Å²) in [5, 5.41) is 3.23. The first-order valence-electron chi connectivity index (χ1n) is 6.16. The van der Waals surface area contributed by atoms with Crippen molar-refractivity contribution in [3.05, 3.63) is 64.2 Å². The summed E-state index contributed by atoms with van der Waals surface area (Å²) in [4.78, 5) is 23.3. The van der Waals surface area contributed by atoms with Gasteiger partial charge in [-0.1, -0.05) is 23.7 Å². The Balaban J connectivity index is 2.29. The van der Waals surface area contributed by atoms with Gasteiger partial charge in [-0.2, -0.15) is 0 Å². The fourth-order valence-corrected chi connectivity index (χ4v) is 2.09. The second kappa shape index (κ2) is 5.88.